The van der Waals surface area contributed by atoms with Crippen molar-refractivity contribution in [2.45, 2.75) is 39.3 Å². The fourth-order valence-electron chi connectivity index (χ4n) is 2.57. The minimum atomic E-state index is -0.199. The maximum atomic E-state index is 9.62. The van der Waals surface area contributed by atoms with Crippen molar-refractivity contribution in [1.82, 2.24) is 9.88 Å². The van der Waals surface area contributed by atoms with Gasteiger partial charge in [-0.25, -0.2) is 0 Å². The first-order valence-electron chi connectivity index (χ1n) is 7.28. The Morgan fingerprint density at radius 3 is 3.11 bits per heavy atom. The number of aromatic nitrogens is 1. The molecular formula is C15H25N3O. The number of anilines is 1. The molecule has 2 atom stereocenters. The van der Waals surface area contributed by atoms with Crippen LogP contribution in [0.15, 0.2) is 18.3 Å². The summed E-state index contributed by atoms with van der Waals surface area (Å²) in [6, 6.07) is 4.15. The summed E-state index contributed by atoms with van der Waals surface area (Å²) < 4.78 is 0. The van der Waals surface area contributed by atoms with Crippen molar-refractivity contribution in [1.29, 1.82) is 0 Å². The molecule has 1 aliphatic rings. The van der Waals surface area contributed by atoms with Crippen molar-refractivity contribution in [2.24, 2.45) is 5.92 Å². The van der Waals surface area contributed by atoms with E-state index >= 15 is 0 Å². The predicted octanol–water partition coefficient (Wildman–Crippen LogP) is 2.11. The first-order valence-corrected chi connectivity index (χ1v) is 7.28. The first-order chi connectivity index (χ1) is 9.19. The molecule has 19 heavy (non-hydrogen) atoms. The zero-order chi connectivity index (χ0) is 13.7. The van der Waals surface area contributed by atoms with E-state index in [1.165, 1.54) is 0 Å². The van der Waals surface area contributed by atoms with Crippen LogP contribution in [0, 0.1) is 5.92 Å². The van der Waals surface area contributed by atoms with Crippen molar-refractivity contribution in [3.63, 3.8) is 0 Å². The molecule has 0 bridgehead atoms. The molecule has 1 saturated heterocycles. The predicted molar refractivity (Wildman–Crippen MR) is 78.1 cm³/mol. The summed E-state index contributed by atoms with van der Waals surface area (Å²) in [6.45, 7) is 7.97. The smallest absolute Gasteiger partial charge is 0.0564 e. The molecule has 1 fully saturated rings. The molecule has 0 aliphatic carbocycles. The third-order valence-corrected chi connectivity index (χ3v) is 3.77. The topological polar surface area (TPSA) is 48.4 Å². The monoisotopic (exact) mass is 263 g/mol. The molecule has 0 radical (unpaired) electrons. The fourth-order valence-corrected chi connectivity index (χ4v) is 2.57. The normalized spacial score (nSPS) is 21.5. The van der Waals surface area contributed by atoms with E-state index in [-0.39, 0.29) is 6.10 Å². The number of hydrogen-bond donors (Lipinski definition) is 2. The Morgan fingerprint density at radius 2 is 2.42 bits per heavy atom. The van der Waals surface area contributed by atoms with Gasteiger partial charge in [-0.3, -0.25) is 9.88 Å². The molecule has 1 aromatic heterocycles. The summed E-state index contributed by atoms with van der Waals surface area (Å²) in [7, 11) is 0. The SMILES string of the molecule is CCCNc1ccnc(CN2CCC(C(C)O)C2)c1. The van der Waals surface area contributed by atoms with Gasteiger partial charge >= 0.3 is 0 Å². The molecule has 4 nitrogen and oxygen atoms in total. The van der Waals surface area contributed by atoms with Crippen molar-refractivity contribution >= 4 is 5.69 Å². The van der Waals surface area contributed by atoms with E-state index in [4.69, 9.17) is 0 Å². The average Bonchev–Trinajstić information content (AvgIpc) is 2.85. The van der Waals surface area contributed by atoms with E-state index in [1.54, 1.807) is 0 Å². The van der Waals surface area contributed by atoms with Crippen LogP contribution in [0.3, 0.4) is 0 Å². The van der Waals surface area contributed by atoms with Gasteiger partial charge in [0, 0.05) is 31.5 Å². The maximum absolute atomic E-state index is 9.62. The number of nitrogens with one attached hydrogen (secondary N) is 1. The summed E-state index contributed by atoms with van der Waals surface area (Å²) in [5.74, 6) is 0.418. The van der Waals surface area contributed by atoms with Gasteiger partial charge in [0.25, 0.3) is 0 Å². The molecule has 0 spiro atoms. The highest BCUT2D eigenvalue weighted by atomic mass is 16.3. The van der Waals surface area contributed by atoms with Crippen LogP contribution in [0.5, 0.6) is 0 Å². The van der Waals surface area contributed by atoms with Gasteiger partial charge in [0.05, 0.1) is 11.8 Å². The molecule has 2 N–H and O–H groups in total. The van der Waals surface area contributed by atoms with E-state index < -0.39 is 0 Å². The highest BCUT2D eigenvalue weighted by molar-refractivity contribution is 5.43. The fraction of sp³-hybridized carbons (Fsp3) is 0.667. The Hall–Kier alpha value is -1.13. The summed E-state index contributed by atoms with van der Waals surface area (Å²) in [6.07, 6.45) is 3.89. The Morgan fingerprint density at radius 1 is 1.58 bits per heavy atom. The number of aliphatic hydroxyl groups excluding tert-OH is 1. The van der Waals surface area contributed by atoms with E-state index in [0.717, 1.165) is 50.4 Å². The first kappa shape index (κ1) is 14.3. The molecule has 2 unspecified atom stereocenters. The van der Waals surface area contributed by atoms with Gasteiger partial charge < -0.3 is 10.4 Å². The van der Waals surface area contributed by atoms with Crippen molar-refractivity contribution in [2.75, 3.05) is 25.0 Å². The molecule has 1 aliphatic heterocycles. The number of rotatable bonds is 6. The van der Waals surface area contributed by atoms with Crippen LogP contribution >= 0.6 is 0 Å². The third kappa shape index (κ3) is 4.18. The molecule has 0 saturated carbocycles. The third-order valence-electron chi connectivity index (χ3n) is 3.77. The Bertz CT molecular complexity index is 395. The van der Waals surface area contributed by atoms with Gasteiger partial charge in [0.1, 0.15) is 0 Å². The number of aliphatic hydroxyl groups is 1. The van der Waals surface area contributed by atoms with Crippen LogP contribution < -0.4 is 5.32 Å². The average molecular weight is 263 g/mol. The molecular weight excluding hydrogens is 238 g/mol. The zero-order valence-electron chi connectivity index (χ0n) is 12.0. The number of pyridine rings is 1. The van der Waals surface area contributed by atoms with E-state index in [9.17, 15) is 5.11 Å². The lowest BCUT2D eigenvalue weighted by Crippen LogP contribution is -2.24. The molecule has 0 aromatic carbocycles. The molecule has 4 heteroatoms. The second kappa shape index (κ2) is 6.87. The largest absolute Gasteiger partial charge is 0.393 e. The second-order valence-electron chi connectivity index (χ2n) is 5.49. The van der Waals surface area contributed by atoms with Gasteiger partial charge in [0.15, 0.2) is 0 Å². The highest BCUT2D eigenvalue weighted by Crippen LogP contribution is 2.21. The molecule has 2 rings (SSSR count). The Kier molecular flexibility index (Phi) is 5.16. The molecule has 0 amide bonds. The van der Waals surface area contributed by atoms with E-state index in [0.29, 0.717) is 5.92 Å². The highest BCUT2D eigenvalue weighted by Gasteiger charge is 2.25. The summed E-state index contributed by atoms with van der Waals surface area (Å²) in [5.41, 5.74) is 2.26. The Labute approximate surface area is 115 Å². The summed E-state index contributed by atoms with van der Waals surface area (Å²) in [4.78, 5) is 6.81. The van der Waals surface area contributed by atoms with Crippen LogP contribution in [-0.4, -0.2) is 40.7 Å². The van der Waals surface area contributed by atoms with Crippen molar-refractivity contribution < 1.29 is 5.11 Å². The van der Waals surface area contributed by atoms with Crippen LogP contribution in [-0.2, 0) is 6.54 Å². The van der Waals surface area contributed by atoms with E-state index in [2.05, 4.69) is 28.2 Å². The standard InChI is InChI=1S/C15H25N3O/c1-3-6-16-14-4-7-17-15(9-14)11-18-8-5-13(10-18)12(2)19/h4,7,9,12-13,19H,3,5-6,8,10-11H2,1-2H3,(H,16,17). The molecule has 2 heterocycles. The quantitative estimate of drug-likeness (QED) is 0.825. The van der Waals surface area contributed by atoms with Gasteiger partial charge in [-0.15, -0.1) is 0 Å². The molecule has 1 aromatic rings. The number of hydrogen-bond acceptors (Lipinski definition) is 4. The second-order valence-corrected chi connectivity index (χ2v) is 5.49. The maximum Gasteiger partial charge on any atom is 0.0564 e. The summed E-state index contributed by atoms with van der Waals surface area (Å²) >= 11 is 0. The van der Waals surface area contributed by atoms with Gasteiger partial charge in [0.2, 0.25) is 0 Å². The minimum Gasteiger partial charge on any atom is -0.393 e. The van der Waals surface area contributed by atoms with Crippen molar-refractivity contribution in [3.05, 3.63) is 24.0 Å². The van der Waals surface area contributed by atoms with Gasteiger partial charge in [-0.2, -0.15) is 0 Å². The lowest BCUT2D eigenvalue weighted by molar-refractivity contribution is 0.127. The number of nitrogens with zero attached hydrogens (tertiary/aromatic N) is 2. The van der Waals surface area contributed by atoms with E-state index in [1.807, 2.05) is 19.2 Å². The summed E-state index contributed by atoms with van der Waals surface area (Å²) in [5, 5.41) is 13.0. The lowest BCUT2D eigenvalue weighted by atomic mass is 10.0. The van der Waals surface area contributed by atoms with Crippen molar-refractivity contribution in [3.8, 4) is 0 Å². The van der Waals surface area contributed by atoms with Gasteiger partial charge in [-0.1, -0.05) is 6.92 Å². The lowest BCUT2D eigenvalue weighted by Gasteiger charge is -2.17. The van der Waals surface area contributed by atoms with Crippen LogP contribution in [0.4, 0.5) is 5.69 Å². The van der Waals surface area contributed by atoms with Gasteiger partial charge in [-0.05, 0) is 44.4 Å². The van der Waals surface area contributed by atoms with Crippen LogP contribution in [0.2, 0.25) is 0 Å². The zero-order valence-corrected chi connectivity index (χ0v) is 12.0. The number of likely N-dealkylation sites (tertiary alicyclic amines) is 1. The van der Waals surface area contributed by atoms with Crippen LogP contribution in [0.25, 0.3) is 0 Å². The Balaban J connectivity index is 1.89. The molecule has 106 valence electrons. The van der Waals surface area contributed by atoms with Crippen LogP contribution in [0.1, 0.15) is 32.4 Å². The minimum absolute atomic E-state index is 0.199.